The average molecular weight is 546 g/mol. The number of aromatic nitrogens is 2. The zero-order chi connectivity index (χ0) is 27.7. The molecule has 1 aromatic heterocycles. The third-order valence-corrected chi connectivity index (χ3v) is 7.35. The Morgan fingerprint density at radius 2 is 1.43 bits per heavy atom. The van der Waals surface area contributed by atoms with Gasteiger partial charge in [0.05, 0.1) is 0 Å². The second kappa shape index (κ2) is 10.3. The molecule has 0 bridgehead atoms. The van der Waals surface area contributed by atoms with E-state index in [1.54, 1.807) is 18.2 Å². The molecule has 0 spiro atoms. The maximum absolute atomic E-state index is 11.9. The SMILES string of the molecule is C=Cc1ccc(Nc2cc(Oc3ccc4ccccc4c3)nc(-c3ccc4ccccc4c3)n2)cc1S(=O)(=O)O. The fraction of sp³-hybridized carbons (Fsp3) is 0. The van der Waals surface area contributed by atoms with Crippen LogP contribution < -0.4 is 10.1 Å². The number of hydrogen-bond acceptors (Lipinski definition) is 6. The molecule has 0 saturated carbocycles. The second-order valence-electron chi connectivity index (χ2n) is 9.14. The monoisotopic (exact) mass is 545 g/mol. The quantitative estimate of drug-likeness (QED) is 0.197. The highest BCUT2D eigenvalue weighted by Crippen LogP contribution is 2.31. The molecule has 0 saturated heterocycles. The highest BCUT2D eigenvalue weighted by atomic mass is 32.2. The number of benzene rings is 5. The molecule has 0 aliphatic rings. The summed E-state index contributed by atoms with van der Waals surface area (Å²) in [5, 5.41) is 7.38. The molecule has 0 unspecified atom stereocenters. The number of nitrogens with zero attached hydrogens (tertiary/aromatic N) is 2. The van der Waals surface area contributed by atoms with Gasteiger partial charge in [-0.3, -0.25) is 4.55 Å². The summed E-state index contributed by atoms with van der Waals surface area (Å²) in [6.45, 7) is 3.62. The molecular formula is C32H23N3O4S. The minimum absolute atomic E-state index is 0.260. The molecule has 6 aromatic rings. The average Bonchev–Trinajstić information content (AvgIpc) is 2.96. The first kappa shape index (κ1) is 25.2. The van der Waals surface area contributed by atoms with E-state index < -0.39 is 10.1 Å². The van der Waals surface area contributed by atoms with Crippen LogP contribution in [-0.4, -0.2) is 22.9 Å². The first-order valence-electron chi connectivity index (χ1n) is 12.4. The minimum Gasteiger partial charge on any atom is -0.439 e. The van der Waals surface area contributed by atoms with Crippen LogP contribution in [0.1, 0.15) is 5.56 Å². The van der Waals surface area contributed by atoms with E-state index in [1.165, 1.54) is 12.1 Å². The van der Waals surface area contributed by atoms with E-state index in [1.807, 2.05) is 84.9 Å². The highest BCUT2D eigenvalue weighted by Gasteiger charge is 2.16. The van der Waals surface area contributed by atoms with E-state index in [-0.39, 0.29) is 10.5 Å². The lowest BCUT2D eigenvalue weighted by atomic mass is 10.1. The van der Waals surface area contributed by atoms with Crippen LogP contribution in [0.4, 0.5) is 11.5 Å². The number of hydrogen-bond donors (Lipinski definition) is 2. The molecule has 0 aliphatic carbocycles. The Kier molecular flexibility index (Phi) is 6.47. The molecule has 7 nitrogen and oxygen atoms in total. The predicted molar refractivity (Wildman–Crippen MR) is 159 cm³/mol. The second-order valence-corrected chi connectivity index (χ2v) is 10.5. The van der Waals surface area contributed by atoms with Gasteiger partial charge in [0.2, 0.25) is 5.88 Å². The zero-order valence-corrected chi connectivity index (χ0v) is 22.0. The van der Waals surface area contributed by atoms with Crippen LogP contribution in [-0.2, 0) is 10.1 Å². The van der Waals surface area contributed by atoms with Gasteiger partial charge in [-0.15, -0.1) is 0 Å². The number of rotatable bonds is 7. The van der Waals surface area contributed by atoms with Crippen molar-refractivity contribution in [2.75, 3.05) is 5.32 Å². The summed E-state index contributed by atoms with van der Waals surface area (Å²) in [5.74, 6) is 1.70. The largest absolute Gasteiger partial charge is 0.439 e. The van der Waals surface area contributed by atoms with Crippen molar-refractivity contribution in [1.82, 2.24) is 9.97 Å². The lowest BCUT2D eigenvalue weighted by Gasteiger charge is -2.13. The van der Waals surface area contributed by atoms with E-state index >= 15 is 0 Å². The van der Waals surface area contributed by atoms with Crippen molar-refractivity contribution in [3.05, 3.63) is 121 Å². The van der Waals surface area contributed by atoms with E-state index in [2.05, 4.69) is 16.9 Å². The molecule has 0 atom stereocenters. The summed E-state index contributed by atoms with van der Waals surface area (Å²) in [6, 6.07) is 33.9. The van der Waals surface area contributed by atoms with Crippen LogP contribution in [0.5, 0.6) is 11.6 Å². The van der Waals surface area contributed by atoms with Gasteiger partial charge in [-0.05, 0) is 57.4 Å². The van der Waals surface area contributed by atoms with Gasteiger partial charge in [-0.25, -0.2) is 4.98 Å². The lowest BCUT2D eigenvalue weighted by Crippen LogP contribution is -2.03. The smallest absolute Gasteiger partial charge is 0.295 e. The molecule has 0 radical (unpaired) electrons. The number of fused-ring (bicyclic) bond motifs is 2. The van der Waals surface area contributed by atoms with Gasteiger partial charge in [-0.1, -0.05) is 85.5 Å². The summed E-state index contributed by atoms with van der Waals surface area (Å²) in [4.78, 5) is 9.13. The van der Waals surface area contributed by atoms with Crippen LogP contribution >= 0.6 is 0 Å². The zero-order valence-electron chi connectivity index (χ0n) is 21.2. The fourth-order valence-electron chi connectivity index (χ4n) is 4.50. The maximum atomic E-state index is 11.9. The first-order chi connectivity index (χ1) is 19.4. The normalized spacial score (nSPS) is 11.4. The summed E-state index contributed by atoms with van der Waals surface area (Å²) in [7, 11) is -4.47. The number of anilines is 2. The summed E-state index contributed by atoms with van der Waals surface area (Å²) >= 11 is 0. The van der Waals surface area contributed by atoms with Crippen molar-refractivity contribution < 1.29 is 17.7 Å². The van der Waals surface area contributed by atoms with Crippen LogP contribution in [0.15, 0.2) is 121 Å². The molecule has 196 valence electrons. The summed E-state index contributed by atoms with van der Waals surface area (Å²) in [5.41, 5.74) is 1.47. The third-order valence-electron chi connectivity index (χ3n) is 6.44. The third kappa shape index (κ3) is 5.26. The van der Waals surface area contributed by atoms with E-state index in [0.29, 0.717) is 29.0 Å². The molecule has 40 heavy (non-hydrogen) atoms. The topological polar surface area (TPSA) is 101 Å². The van der Waals surface area contributed by atoms with E-state index in [4.69, 9.17) is 9.72 Å². The Hall–Kier alpha value is -5.05. The molecule has 8 heteroatoms. The molecule has 0 aliphatic heterocycles. The van der Waals surface area contributed by atoms with Crippen molar-refractivity contribution in [3.8, 4) is 23.0 Å². The Balaban J connectivity index is 1.43. The summed E-state index contributed by atoms with van der Waals surface area (Å²) in [6.07, 6.45) is 1.37. The number of nitrogens with one attached hydrogen (secondary N) is 1. The van der Waals surface area contributed by atoms with Gasteiger partial charge in [-0.2, -0.15) is 13.4 Å². The standard InChI is InChI=1S/C32H23N3O4S/c1-2-21-13-15-27(19-29(21)40(36,37)38)33-30-20-31(39-28-16-14-23-8-4-6-10-25(23)18-28)35-32(34-30)26-12-11-22-7-3-5-9-24(22)17-26/h2-20H,1H2,(H,33,34,35)(H,36,37,38). The van der Waals surface area contributed by atoms with Crippen LogP contribution in [0.2, 0.25) is 0 Å². The Morgan fingerprint density at radius 1 is 0.750 bits per heavy atom. The highest BCUT2D eigenvalue weighted by molar-refractivity contribution is 7.86. The van der Waals surface area contributed by atoms with Crippen LogP contribution in [0.25, 0.3) is 39.0 Å². The lowest BCUT2D eigenvalue weighted by molar-refractivity contribution is 0.463. The van der Waals surface area contributed by atoms with Gasteiger partial charge >= 0.3 is 0 Å². The molecular weight excluding hydrogens is 522 g/mol. The minimum atomic E-state index is -4.47. The van der Waals surface area contributed by atoms with Gasteiger partial charge in [0.15, 0.2) is 5.82 Å². The van der Waals surface area contributed by atoms with Gasteiger partial charge in [0, 0.05) is 17.3 Å². The number of ether oxygens (including phenoxy) is 1. The van der Waals surface area contributed by atoms with E-state index in [9.17, 15) is 13.0 Å². The Bertz CT molecular complexity index is 2020. The molecule has 1 heterocycles. The van der Waals surface area contributed by atoms with Crippen molar-refractivity contribution >= 4 is 49.2 Å². The Morgan fingerprint density at radius 3 is 2.12 bits per heavy atom. The molecule has 5 aromatic carbocycles. The van der Waals surface area contributed by atoms with E-state index in [0.717, 1.165) is 27.1 Å². The van der Waals surface area contributed by atoms with Gasteiger partial charge < -0.3 is 10.1 Å². The first-order valence-corrected chi connectivity index (χ1v) is 13.9. The van der Waals surface area contributed by atoms with Gasteiger partial charge in [0.25, 0.3) is 10.1 Å². The Labute approximate surface area is 231 Å². The van der Waals surface area contributed by atoms with Crippen molar-refractivity contribution in [2.45, 2.75) is 4.90 Å². The van der Waals surface area contributed by atoms with Crippen molar-refractivity contribution in [1.29, 1.82) is 0 Å². The van der Waals surface area contributed by atoms with Crippen molar-refractivity contribution in [2.24, 2.45) is 0 Å². The van der Waals surface area contributed by atoms with Crippen molar-refractivity contribution in [3.63, 3.8) is 0 Å². The van der Waals surface area contributed by atoms with Crippen LogP contribution in [0, 0.1) is 0 Å². The fourth-order valence-corrected chi connectivity index (χ4v) is 5.23. The van der Waals surface area contributed by atoms with Crippen LogP contribution in [0.3, 0.4) is 0 Å². The molecule has 0 amide bonds. The molecule has 6 rings (SSSR count). The maximum Gasteiger partial charge on any atom is 0.295 e. The predicted octanol–water partition coefficient (Wildman–Crippen LogP) is 7.88. The molecule has 0 fully saturated rings. The molecule has 2 N–H and O–H groups in total. The summed E-state index contributed by atoms with van der Waals surface area (Å²) < 4.78 is 39.8. The van der Waals surface area contributed by atoms with Gasteiger partial charge in [0.1, 0.15) is 16.5 Å².